The quantitative estimate of drug-likeness (QED) is 0.812. The first-order valence-electron chi connectivity index (χ1n) is 4.62. The Morgan fingerprint density at radius 1 is 1.13 bits per heavy atom. The second-order valence-electron chi connectivity index (χ2n) is 3.14. The normalized spacial score (nSPS) is 10.3. The summed E-state index contributed by atoms with van der Waals surface area (Å²) in [4.78, 5) is 4.08. The summed E-state index contributed by atoms with van der Waals surface area (Å²) >= 11 is 0. The van der Waals surface area contributed by atoms with Crippen LogP contribution in [0.25, 0.3) is 11.3 Å². The van der Waals surface area contributed by atoms with Crippen LogP contribution in [0.15, 0.2) is 42.6 Å². The van der Waals surface area contributed by atoms with E-state index in [1.807, 2.05) is 30.3 Å². The summed E-state index contributed by atoms with van der Waals surface area (Å²) < 4.78 is 13.3. The second kappa shape index (κ2) is 4.19. The first kappa shape index (κ1) is 9.80. The first-order valence-corrected chi connectivity index (χ1v) is 4.62. The average Bonchev–Trinajstić information content (AvgIpc) is 2.30. The summed E-state index contributed by atoms with van der Waals surface area (Å²) in [7, 11) is 0. The predicted molar refractivity (Wildman–Crippen MR) is 55.6 cm³/mol. The van der Waals surface area contributed by atoms with Crippen molar-refractivity contribution in [1.82, 2.24) is 4.98 Å². The van der Waals surface area contributed by atoms with Crippen LogP contribution in [0.2, 0.25) is 0 Å². The zero-order chi connectivity index (χ0) is 10.7. The lowest BCUT2D eigenvalue weighted by molar-refractivity contribution is 0.276. The summed E-state index contributed by atoms with van der Waals surface area (Å²) in [6, 6.07) is 10.5. The first-order chi connectivity index (χ1) is 7.33. The fraction of sp³-hybridized carbons (Fsp3) is 0.0833. The number of nitrogens with zero attached hydrogens (tertiary/aromatic N) is 1. The van der Waals surface area contributed by atoms with E-state index >= 15 is 0 Å². The van der Waals surface area contributed by atoms with E-state index in [4.69, 9.17) is 5.11 Å². The van der Waals surface area contributed by atoms with Crippen LogP contribution in [0.1, 0.15) is 5.56 Å². The SMILES string of the molecule is OCc1c(F)ccnc1-c1ccccc1. The molecule has 0 spiro atoms. The monoisotopic (exact) mass is 203 g/mol. The van der Waals surface area contributed by atoms with Crippen molar-refractivity contribution in [1.29, 1.82) is 0 Å². The van der Waals surface area contributed by atoms with Gasteiger partial charge in [-0.3, -0.25) is 4.98 Å². The van der Waals surface area contributed by atoms with Crippen LogP contribution < -0.4 is 0 Å². The van der Waals surface area contributed by atoms with Crippen molar-refractivity contribution in [3.63, 3.8) is 0 Å². The van der Waals surface area contributed by atoms with Gasteiger partial charge in [-0.2, -0.15) is 0 Å². The molecule has 0 bridgehead atoms. The third-order valence-electron chi connectivity index (χ3n) is 2.20. The highest BCUT2D eigenvalue weighted by Crippen LogP contribution is 2.22. The Bertz CT molecular complexity index is 456. The molecular formula is C12H10FNO. The van der Waals surface area contributed by atoms with Crippen LogP contribution in [0.4, 0.5) is 4.39 Å². The van der Waals surface area contributed by atoms with Crippen LogP contribution in [-0.4, -0.2) is 10.1 Å². The molecule has 0 amide bonds. The van der Waals surface area contributed by atoms with Gasteiger partial charge in [-0.15, -0.1) is 0 Å². The number of benzene rings is 1. The number of hydrogen-bond donors (Lipinski definition) is 1. The van der Waals surface area contributed by atoms with E-state index in [9.17, 15) is 4.39 Å². The molecule has 15 heavy (non-hydrogen) atoms. The molecule has 2 nitrogen and oxygen atoms in total. The molecule has 2 rings (SSSR count). The Hall–Kier alpha value is -1.74. The average molecular weight is 203 g/mol. The predicted octanol–water partition coefficient (Wildman–Crippen LogP) is 2.38. The fourth-order valence-corrected chi connectivity index (χ4v) is 1.46. The summed E-state index contributed by atoms with van der Waals surface area (Å²) in [6.07, 6.45) is 1.40. The van der Waals surface area contributed by atoms with Gasteiger partial charge in [0.05, 0.1) is 12.3 Å². The zero-order valence-electron chi connectivity index (χ0n) is 8.02. The minimum atomic E-state index is -0.425. The van der Waals surface area contributed by atoms with Gasteiger partial charge in [0.1, 0.15) is 5.82 Å². The molecule has 76 valence electrons. The van der Waals surface area contributed by atoms with Crippen LogP contribution in [0.5, 0.6) is 0 Å². The third kappa shape index (κ3) is 1.87. The maximum Gasteiger partial charge on any atom is 0.132 e. The lowest BCUT2D eigenvalue weighted by atomic mass is 10.1. The fourth-order valence-electron chi connectivity index (χ4n) is 1.46. The van der Waals surface area contributed by atoms with Crippen LogP contribution in [-0.2, 0) is 6.61 Å². The number of rotatable bonds is 2. The van der Waals surface area contributed by atoms with Crippen molar-refractivity contribution < 1.29 is 9.50 Å². The number of hydrogen-bond acceptors (Lipinski definition) is 2. The molecule has 0 unspecified atom stereocenters. The van der Waals surface area contributed by atoms with Crippen molar-refractivity contribution >= 4 is 0 Å². The van der Waals surface area contributed by atoms with Gasteiger partial charge in [0.15, 0.2) is 0 Å². The van der Waals surface area contributed by atoms with Crippen molar-refractivity contribution in [2.45, 2.75) is 6.61 Å². The van der Waals surface area contributed by atoms with Crippen LogP contribution >= 0.6 is 0 Å². The molecule has 0 saturated carbocycles. The molecule has 3 heteroatoms. The van der Waals surface area contributed by atoms with Crippen molar-refractivity contribution in [2.75, 3.05) is 0 Å². The minimum Gasteiger partial charge on any atom is -0.391 e. The number of aromatic nitrogens is 1. The van der Waals surface area contributed by atoms with E-state index in [2.05, 4.69) is 4.98 Å². The van der Waals surface area contributed by atoms with Crippen LogP contribution in [0, 0.1) is 5.82 Å². The maximum absolute atomic E-state index is 13.3. The molecule has 0 aliphatic rings. The summed E-state index contributed by atoms with van der Waals surface area (Å²) in [5, 5.41) is 9.08. The van der Waals surface area contributed by atoms with E-state index in [0.29, 0.717) is 5.69 Å². The Labute approximate surface area is 87.0 Å². The highest BCUT2D eigenvalue weighted by Gasteiger charge is 2.09. The Kier molecular flexibility index (Phi) is 2.74. The van der Waals surface area contributed by atoms with Gasteiger partial charge in [0, 0.05) is 17.3 Å². The molecule has 0 radical (unpaired) electrons. The molecular weight excluding hydrogens is 193 g/mol. The van der Waals surface area contributed by atoms with Gasteiger partial charge in [0.2, 0.25) is 0 Å². The van der Waals surface area contributed by atoms with Gasteiger partial charge in [-0.1, -0.05) is 30.3 Å². The minimum absolute atomic E-state index is 0.240. The smallest absolute Gasteiger partial charge is 0.132 e. The molecule has 0 aliphatic heterocycles. The standard InChI is InChI=1S/C12H10FNO/c13-11-6-7-14-12(10(11)8-15)9-4-2-1-3-5-9/h1-7,15H,8H2. The zero-order valence-corrected chi connectivity index (χ0v) is 8.02. The lowest BCUT2D eigenvalue weighted by Gasteiger charge is -2.06. The molecule has 0 aliphatic carbocycles. The number of aliphatic hydroxyl groups excluding tert-OH is 1. The van der Waals surface area contributed by atoms with Gasteiger partial charge >= 0.3 is 0 Å². The largest absolute Gasteiger partial charge is 0.391 e. The summed E-state index contributed by atoms with van der Waals surface area (Å²) in [6.45, 7) is -0.343. The highest BCUT2D eigenvalue weighted by molar-refractivity contribution is 5.62. The van der Waals surface area contributed by atoms with Gasteiger partial charge in [0.25, 0.3) is 0 Å². The Morgan fingerprint density at radius 2 is 1.87 bits per heavy atom. The summed E-state index contributed by atoms with van der Waals surface area (Å²) in [5.41, 5.74) is 1.54. The number of aliphatic hydroxyl groups is 1. The molecule has 2 aromatic rings. The molecule has 1 aromatic carbocycles. The Balaban J connectivity index is 2.58. The van der Waals surface area contributed by atoms with Crippen molar-refractivity contribution in [3.05, 3.63) is 54.0 Å². The Morgan fingerprint density at radius 3 is 2.53 bits per heavy atom. The van der Waals surface area contributed by atoms with Crippen molar-refractivity contribution in [3.8, 4) is 11.3 Å². The highest BCUT2D eigenvalue weighted by atomic mass is 19.1. The van der Waals surface area contributed by atoms with E-state index in [0.717, 1.165) is 5.56 Å². The molecule has 1 heterocycles. The van der Waals surface area contributed by atoms with Gasteiger partial charge < -0.3 is 5.11 Å². The second-order valence-corrected chi connectivity index (χ2v) is 3.14. The third-order valence-corrected chi connectivity index (χ3v) is 2.20. The number of pyridine rings is 1. The van der Waals surface area contributed by atoms with E-state index in [1.165, 1.54) is 12.3 Å². The molecule has 1 aromatic heterocycles. The lowest BCUT2D eigenvalue weighted by Crippen LogP contribution is -1.96. The maximum atomic E-state index is 13.3. The van der Waals surface area contributed by atoms with E-state index in [-0.39, 0.29) is 12.2 Å². The van der Waals surface area contributed by atoms with E-state index < -0.39 is 5.82 Å². The van der Waals surface area contributed by atoms with Gasteiger partial charge in [-0.25, -0.2) is 4.39 Å². The number of halogens is 1. The molecule has 1 N–H and O–H groups in total. The van der Waals surface area contributed by atoms with Crippen molar-refractivity contribution in [2.24, 2.45) is 0 Å². The topological polar surface area (TPSA) is 33.1 Å². The van der Waals surface area contributed by atoms with Gasteiger partial charge in [-0.05, 0) is 6.07 Å². The summed E-state index contributed by atoms with van der Waals surface area (Å²) in [5.74, 6) is -0.425. The van der Waals surface area contributed by atoms with Crippen LogP contribution in [0.3, 0.4) is 0 Å². The van der Waals surface area contributed by atoms with E-state index in [1.54, 1.807) is 0 Å². The molecule has 0 fully saturated rings. The molecule has 0 atom stereocenters. The molecule has 0 saturated heterocycles.